The van der Waals surface area contributed by atoms with E-state index in [2.05, 4.69) is 15.7 Å². The second kappa shape index (κ2) is 8.24. The van der Waals surface area contributed by atoms with Gasteiger partial charge >= 0.3 is 0 Å². The van der Waals surface area contributed by atoms with Crippen molar-refractivity contribution in [1.82, 2.24) is 20.4 Å². The Morgan fingerprint density at radius 3 is 2.67 bits per heavy atom. The van der Waals surface area contributed by atoms with Crippen LogP contribution in [0.1, 0.15) is 28.2 Å². The molecule has 0 atom stereocenters. The Morgan fingerprint density at radius 1 is 1.21 bits per heavy atom. The fraction of sp³-hybridized carbons (Fsp3) is 0.353. The molecule has 24 heavy (non-hydrogen) atoms. The third kappa shape index (κ3) is 5.19. The Labute approximate surface area is 140 Å². The molecule has 0 spiro atoms. The average molecular weight is 332 g/mol. The number of nitrogens with one attached hydrogen (secondary N) is 2. The molecule has 0 aliphatic heterocycles. The highest BCUT2D eigenvalue weighted by molar-refractivity contribution is 5.96. The highest BCUT2D eigenvalue weighted by atomic mass is 19.1. The molecule has 0 radical (unpaired) electrons. The molecule has 2 N–H and O–H groups in total. The molecule has 0 saturated heterocycles. The van der Waals surface area contributed by atoms with Crippen LogP contribution in [0.4, 0.5) is 4.39 Å². The van der Waals surface area contributed by atoms with Crippen molar-refractivity contribution < 1.29 is 14.0 Å². The first-order valence-corrected chi connectivity index (χ1v) is 7.77. The number of aromatic nitrogens is 2. The summed E-state index contributed by atoms with van der Waals surface area (Å²) >= 11 is 0. The van der Waals surface area contributed by atoms with Gasteiger partial charge in [-0.05, 0) is 44.5 Å². The minimum Gasteiger partial charge on any atom is -0.355 e. The topological polar surface area (TPSA) is 76.0 Å². The fourth-order valence-corrected chi connectivity index (χ4v) is 2.31. The minimum absolute atomic E-state index is 0.144. The first-order valence-electron chi connectivity index (χ1n) is 7.77. The maximum absolute atomic E-state index is 13.0. The first kappa shape index (κ1) is 17.7. The smallest absolute Gasteiger partial charge is 0.251 e. The van der Waals surface area contributed by atoms with Crippen molar-refractivity contribution in [2.24, 2.45) is 0 Å². The van der Waals surface area contributed by atoms with E-state index in [9.17, 15) is 14.0 Å². The normalized spacial score (nSPS) is 10.5. The van der Waals surface area contributed by atoms with Gasteiger partial charge in [-0.1, -0.05) is 6.07 Å². The van der Waals surface area contributed by atoms with Crippen LogP contribution >= 0.6 is 0 Å². The lowest BCUT2D eigenvalue weighted by Crippen LogP contribution is -2.37. The number of carbonyl (C=O) groups is 2. The molecule has 0 aliphatic carbocycles. The van der Waals surface area contributed by atoms with E-state index < -0.39 is 11.7 Å². The van der Waals surface area contributed by atoms with E-state index >= 15 is 0 Å². The number of hydrogen-bond acceptors (Lipinski definition) is 3. The maximum atomic E-state index is 13.0. The molecule has 1 aromatic carbocycles. The number of benzene rings is 1. The van der Waals surface area contributed by atoms with E-state index in [0.717, 1.165) is 30.4 Å². The number of nitrogens with zero attached hydrogens (tertiary/aromatic N) is 2. The summed E-state index contributed by atoms with van der Waals surface area (Å²) in [5.74, 6) is -1.25. The third-order valence-electron chi connectivity index (χ3n) is 3.47. The molecule has 0 saturated carbocycles. The predicted molar refractivity (Wildman–Crippen MR) is 88.1 cm³/mol. The number of hydrogen-bond donors (Lipinski definition) is 2. The van der Waals surface area contributed by atoms with Crippen LogP contribution in [-0.4, -0.2) is 34.7 Å². The van der Waals surface area contributed by atoms with Crippen molar-refractivity contribution in [3.8, 4) is 0 Å². The quantitative estimate of drug-likeness (QED) is 0.756. The Hall–Kier alpha value is -2.70. The molecule has 2 aromatic rings. The lowest BCUT2D eigenvalue weighted by atomic mass is 10.2. The molecule has 128 valence electrons. The predicted octanol–water partition coefficient (Wildman–Crippen LogP) is 1.58. The summed E-state index contributed by atoms with van der Waals surface area (Å²) in [5.41, 5.74) is 2.24. The highest BCUT2D eigenvalue weighted by Crippen LogP contribution is 2.03. The monoisotopic (exact) mass is 332 g/mol. The number of halogens is 1. The van der Waals surface area contributed by atoms with Gasteiger partial charge in [0.1, 0.15) is 5.82 Å². The molecule has 1 aromatic heterocycles. The van der Waals surface area contributed by atoms with Gasteiger partial charge in [-0.2, -0.15) is 5.10 Å². The second-order valence-corrected chi connectivity index (χ2v) is 5.55. The van der Waals surface area contributed by atoms with E-state index in [4.69, 9.17) is 0 Å². The number of aryl methyl sites for hydroxylation is 3. The standard InChI is InChI=1S/C17H21FN4O2/c1-12-9-13(2)22(21-12)8-4-7-19-16(23)11-20-17(24)14-5-3-6-15(18)10-14/h3,5-6,9-10H,4,7-8,11H2,1-2H3,(H,19,23)(H,20,24). The summed E-state index contributed by atoms with van der Waals surface area (Å²) in [7, 11) is 0. The lowest BCUT2D eigenvalue weighted by Gasteiger charge is -2.08. The van der Waals surface area contributed by atoms with Crippen LogP contribution in [0.5, 0.6) is 0 Å². The summed E-state index contributed by atoms with van der Waals surface area (Å²) in [6.45, 7) is 4.99. The van der Waals surface area contributed by atoms with Crippen LogP contribution in [0.15, 0.2) is 30.3 Å². The molecule has 7 heteroatoms. The molecular formula is C17H21FN4O2. The van der Waals surface area contributed by atoms with Gasteiger partial charge in [0.25, 0.3) is 5.91 Å². The van der Waals surface area contributed by atoms with Crippen molar-refractivity contribution in [1.29, 1.82) is 0 Å². The molecule has 1 heterocycles. The summed E-state index contributed by atoms with van der Waals surface area (Å²) < 4.78 is 14.9. The molecule has 6 nitrogen and oxygen atoms in total. The number of rotatable bonds is 7. The van der Waals surface area contributed by atoms with E-state index in [-0.39, 0.29) is 18.0 Å². The average Bonchev–Trinajstić information content (AvgIpc) is 2.87. The zero-order valence-electron chi connectivity index (χ0n) is 13.8. The number of carbonyl (C=O) groups excluding carboxylic acids is 2. The summed E-state index contributed by atoms with van der Waals surface area (Å²) in [5, 5.41) is 9.53. The van der Waals surface area contributed by atoms with Crippen molar-refractivity contribution in [3.05, 3.63) is 53.1 Å². The van der Waals surface area contributed by atoms with Crippen molar-refractivity contribution in [3.63, 3.8) is 0 Å². The molecule has 0 bridgehead atoms. The van der Waals surface area contributed by atoms with Gasteiger partial charge in [0.2, 0.25) is 5.91 Å². The van der Waals surface area contributed by atoms with Gasteiger partial charge in [0.05, 0.1) is 12.2 Å². The van der Waals surface area contributed by atoms with Crippen LogP contribution in [0.3, 0.4) is 0 Å². The molecule has 2 amide bonds. The number of amides is 2. The molecule has 0 unspecified atom stereocenters. The third-order valence-corrected chi connectivity index (χ3v) is 3.47. The highest BCUT2D eigenvalue weighted by Gasteiger charge is 2.08. The van der Waals surface area contributed by atoms with Crippen molar-refractivity contribution >= 4 is 11.8 Å². The van der Waals surface area contributed by atoms with E-state index in [1.54, 1.807) is 0 Å². The molecular weight excluding hydrogens is 311 g/mol. The van der Waals surface area contributed by atoms with Gasteiger partial charge in [-0.15, -0.1) is 0 Å². The second-order valence-electron chi connectivity index (χ2n) is 5.55. The molecule has 2 rings (SSSR count). The molecule has 0 fully saturated rings. The Balaban J connectivity index is 1.66. The largest absolute Gasteiger partial charge is 0.355 e. The van der Waals surface area contributed by atoms with Gasteiger partial charge in [0, 0.05) is 24.3 Å². The Kier molecular flexibility index (Phi) is 6.06. The van der Waals surface area contributed by atoms with Crippen molar-refractivity contribution in [2.45, 2.75) is 26.8 Å². The molecule has 0 aliphatic rings. The van der Waals surface area contributed by atoms with Crippen LogP contribution in [-0.2, 0) is 11.3 Å². The van der Waals surface area contributed by atoms with Crippen LogP contribution in [0, 0.1) is 19.7 Å². The maximum Gasteiger partial charge on any atom is 0.251 e. The summed E-state index contributed by atoms with van der Waals surface area (Å²) in [6.07, 6.45) is 0.742. The van der Waals surface area contributed by atoms with Gasteiger partial charge < -0.3 is 10.6 Å². The van der Waals surface area contributed by atoms with Crippen LogP contribution in [0.25, 0.3) is 0 Å². The Bertz CT molecular complexity index is 727. The van der Waals surface area contributed by atoms with Gasteiger partial charge in [0.15, 0.2) is 0 Å². The summed E-state index contributed by atoms with van der Waals surface area (Å²) in [6, 6.07) is 7.32. The fourth-order valence-electron chi connectivity index (χ4n) is 2.31. The lowest BCUT2D eigenvalue weighted by molar-refractivity contribution is -0.120. The van der Waals surface area contributed by atoms with E-state index in [1.807, 2.05) is 24.6 Å². The van der Waals surface area contributed by atoms with E-state index in [0.29, 0.717) is 6.54 Å². The van der Waals surface area contributed by atoms with Crippen LogP contribution in [0.2, 0.25) is 0 Å². The zero-order chi connectivity index (χ0) is 17.5. The van der Waals surface area contributed by atoms with Crippen LogP contribution < -0.4 is 10.6 Å². The Morgan fingerprint density at radius 2 is 2.00 bits per heavy atom. The SMILES string of the molecule is Cc1cc(C)n(CCCNC(=O)CNC(=O)c2cccc(F)c2)n1. The van der Waals surface area contributed by atoms with E-state index in [1.165, 1.54) is 18.2 Å². The van der Waals surface area contributed by atoms with Crippen molar-refractivity contribution in [2.75, 3.05) is 13.1 Å². The van der Waals surface area contributed by atoms with Gasteiger partial charge in [-0.3, -0.25) is 14.3 Å². The first-order chi connectivity index (χ1) is 11.5. The minimum atomic E-state index is -0.490. The van der Waals surface area contributed by atoms with Gasteiger partial charge in [-0.25, -0.2) is 4.39 Å². The summed E-state index contributed by atoms with van der Waals surface area (Å²) in [4.78, 5) is 23.5. The zero-order valence-corrected chi connectivity index (χ0v) is 13.8.